The van der Waals surface area contributed by atoms with Gasteiger partial charge in [-0.3, -0.25) is 0 Å². The second-order valence-electron chi connectivity index (χ2n) is 4.57. The van der Waals surface area contributed by atoms with Crippen molar-refractivity contribution < 1.29 is 0 Å². The molecule has 1 aromatic heterocycles. The van der Waals surface area contributed by atoms with Gasteiger partial charge < -0.3 is 10.2 Å². The predicted molar refractivity (Wildman–Crippen MR) is 65.5 cm³/mol. The molecule has 0 bridgehead atoms. The molecule has 2 rings (SSSR count). The first-order valence-electron chi connectivity index (χ1n) is 6.02. The van der Waals surface area contributed by atoms with Gasteiger partial charge in [0.1, 0.15) is 0 Å². The summed E-state index contributed by atoms with van der Waals surface area (Å²) in [6, 6.07) is 2.32. The summed E-state index contributed by atoms with van der Waals surface area (Å²) in [5.74, 6) is 0.742. The van der Waals surface area contributed by atoms with Gasteiger partial charge in [-0.05, 0) is 45.8 Å². The Kier molecular flexibility index (Phi) is 3.72. The normalized spacial score (nSPS) is 18.6. The van der Waals surface area contributed by atoms with Gasteiger partial charge in [0.25, 0.3) is 0 Å². The van der Waals surface area contributed by atoms with Crippen LogP contribution >= 0.6 is 0 Å². The Morgan fingerprint density at radius 2 is 2.19 bits per heavy atom. The molecule has 1 aliphatic rings. The molecule has 1 aromatic rings. The molecule has 0 radical (unpaired) electrons. The van der Waals surface area contributed by atoms with E-state index in [0.717, 1.165) is 18.2 Å². The summed E-state index contributed by atoms with van der Waals surface area (Å²) in [7, 11) is 0. The SMILES string of the molecule is Cc1ccnc(NC(C)CN2CCCC2)n1. The number of aromatic nitrogens is 2. The van der Waals surface area contributed by atoms with E-state index < -0.39 is 0 Å². The first kappa shape index (κ1) is 11.3. The minimum atomic E-state index is 0.403. The molecule has 4 nitrogen and oxygen atoms in total. The molecule has 1 N–H and O–H groups in total. The molecule has 0 spiro atoms. The lowest BCUT2D eigenvalue weighted by molar-refractivity contribution is 0.327. The number of rotatable bonds is 4. The zero-order valence-electron chi connectivity index (χ0n) is 10.1. The minimum Gasteiger partial charge on any atom is -0.350 e. The lowest BCUT2D eigenvalue weighted by atomic mass is 10.3. The van der Waals surface area contributed by atoms with Gasteiger partial charge >= 0.3 is 0 Å². The monoisotopic (exact) mass is 220 g/mol. The van der Waals surface area contributed by atoms with Gasteiger partial charge in [0, 0.05) is 24.5 Å². The van der Waals surface area contributed by atoms with Crippen molar-refractivity contribution in [3.63, 3.8) is 0 Å². The molecular weight excluding hydrogens is 200 g/mol. The fourth-order valence-corrected chi connectivity index (χ4v) is 2.14. The Hall–Kier alpha value is -1.16. The maximum atomic E-state index is 4.35. The van der Waals surface area contributed by atoms with Crippen molar-refractivity contribution in [2.45, 2.75) is 32.7 Å². The Balaban J connectivity index is 1.84. The standard InChI is InChI=1S/C12H20N4/c1-10-5-6-13-12(14-10)15-11(2)9-16-7-3-4-8-16/h5-6,11H,3-4,7-9H2,1-2H3,(H,13,14,15). The lowest BCUT2D eigenvalue weighted by Crippen LogP contribution is -2.33. The van der Waals surface area contributed by atoms with Crippen LogP contribution in [0.4, 0.5) is 5.95 Å². The van der Waals surface area contributed by atoms with Crippen LogP contribution in [0, 0.1) is 6.92 Å². The second-order valence-corrected chi connectivity index (χ2v) is 4.57. The highest BCUT2D eigenvalue weighted by molar-refractivity contribution is 5.26. The lowest BCUT2D eigenvalue weighted by Gasteiger charge is -2.21. The van der Waals surface area contributed by atoms with Crippen molar-refractivity contribution in [3.05, 3.63) is 18.0 Å². The number of hydrogen-bond donors (Lipinski definition) is 1. The molecule has 1 unspecified atom stereocenters. The van der Waals surface area contributed by atoms with Gasteiger partial charge in [-0.2, -0.15) is 0 Å². The van der Waals surface area contributed by atoms with E-state index in [0.29, 0.717) is 6.04 Å². The molecular formula is C12H20N4. The van der Waals surface area contributed by atoms with Gasteiger partial charge in [0.05, 0.1) is 0 Å². The average molecular weight is 220 g/mol. The van der Waals surface area contributed by atoms with E-state index in [2.05, 4.69) is 27.1 Å². The van der Waals surface area contributed by atoms with Crippen LogP contribution in [0.5, 0.6) is 0 Å². The zero-order valence-corrected chi connectivity index (χ0v) is 10.1. The molecule has 1 saturated heterocycles. The van der Waals surface area contributed by atoms with Crippen LogP contribution in [0.1, 0.15) is 25.5 Å². The predicted octanol–water partition coefficient (Wildman–Crippen LogP) is 1.68. The number of nitrogens with one attached hydrogen (secondary N) is 1. The Morgan fingerprint density at radius 1 is 1.44 bits per heavy atom. The van der Waals surface area contributed by atoms with Crippen molar-refractivity contribution in [3.8, 4) is 0 Å². The molecule has 1 atom stereocenters. The van der Waals surface area contributed by atoms with Gasteiger partial charge in [0.15, 0.2) is 0 Å². The molecule has 16 heavy (non-hydrogen) atoms. The number of aryl methyl sites for hydroxylation is 1. The molecule has 0 saturated carbocycles. The van der Waals surface area contributed by atoms with Crippen molar-refractivity contribution in [1.82, 2.24) is 14.9 Å². The molecule has 88 valence electrons. The van der Waals surface area contributed by atoms with Crippen LogP contribution in [0.2, 0.25) is 0 Å². The Morgan fingerprint density at radius 3 is 2.88 bits per heavy atom. The van der Waals surface area contributed by atoms with Crippen LogP contribution in [-0.2, 0) is 0 Å². The van der Waals surface area contributed by atoms with E-state index >= 15 is 0 Å². The van der Waals surface area contributed by atoms with Crippen molar-refractivity contribution >= 4 is 5.95 Å². The highest BCUT2D eigenvalue weighted by Crippen LogP contribution is 2.09. The summed E-state index contributed by atoms with van der Waals surface area (Å²) >= 11 is 0. The van der Waals surface area contributed by atoms with Crippen LogP contribution in [0.3, 0.4) is 0 Å². The first-order chi connectivity index (χ1) is 7.74. The maximum Gasteiger partial charge on any atom is 0.223 e. The number of hydrogen-bond acceptors (Lipinski definition) is 4. The summed E-state index contributed by atoms with van der Waals surface area (Å²) in [6.07, 6.45) is 4.48. The van der Waals surface area contributed by atoms with E-state index in [1.54, 1.807) is 6.20 Å². The Bertz CT molecular complexity index is 334. The topological polar surface area (TPSA) is 41.1 Å². The summed E-state index contributed by atoms with van der Waals surface area (Å²) in [6.45, 7) is 7.72. The molecule has 1 aliphatic heterocycles. The Labute approximate surface area is 97.1 Å². The third-order valence-electron chi connectivity index (χ3n) is 2.90. The van der Waals surface area contributed by atoms with Crippen LogP contribution in [-0.4, -0.2) is 40.5 Å². The van der Waals surface area contributed by atoms with E-state index in [1.807, 2.05) is 13.0 Å². The third-order valence-corrected chi connectivity index (χ3v) is 2.90. The smallest absolute Gasteiger partial charge is 0.223 e. The van der Waals surface area contributed by atoms with Gasteiger partial charge in [-0.1, -0.05) is 0 Å². The van der Waals surface area contributed by atoms with Crippen molar-refractivity contribution in [2.75, 3.05) is 25.0 Å². The summed E-state index contributed by atoms with van der Waals surface area (Å²) in [5, 5.41) is 3.35. The van der Waals surface area contributed by atoms with Gasteiger partial charge in [-0.15, -0.1) is 0 Å². The highest BCUT2D eigenvalue weighted by Gasteiger charge is 2.14. The zero-order chi connectivity index (χ0) is 11.4. The van der Waals surface area contributed by atoms with Crippen molar-refractivity contribution in [2.24, 2.45) is 0 Å². The van der Waals surface area contributed by atoms with Gasteiger partial charge in [0.2, 0.25) is 5.95 Å². The average Bonchev–Trinajstić information content (AvgIpc) is 2.70. The van der Waals surface area contributed by atoms with E-state index in [-0.39, 0.29) is 0 Å². The number of nitrogens with zero attached hydrogens (tertiary/aromatic N) is 3. The summed E-state index contributed by atoms with van der Waals surface area (Å²) in [4.78, 5) is 11.1. The molecule has 4 heteroatoms. The first-order valence-corrected chi connectivity index (χ1v) is 6.02. The van der Waals surface area contributed by atoms with Crippen LogP contribution in [0.15, 0.2) is 12.3 Å². The highest BCUT2D eigenvalue weighted by atomic mass is 15.2. The van der Waals surface area contributed by atoms with E-state index in [1.165, 1.54) is 25.9 Å². The quantitative estimate of drug-likeness (QED) is 0.838. The van der Waals surface area contributed by atoms with Crippen molar-refractivity contribution in [1.29, 1.82) is 0 Å². The third kappa shape index (κ3) is 3.17. The molecule has 0 amide bonds. The fourth-order valence-electron chi connectivity index (χ4n) is 2.14. The minimum absolute atomic E-state index is 0.403. The largest absolute Gasteiger partial charge is 0.350 e. The second kappa shape index (κ2) is 5.25. The molecule has 1 fully saturated rings. The van der Waals surface area contributed by atoms with Crippen LogP contribution in [0.25, 0.3) is 0 Å². The molecule has 0 aliphatic carbocycles. The number of anilines is 1. The van der Waals surface area contributed by atoms with E-state index in [4.69, 9.17) is 0 Å². The van der Waals surface area contributed by atoms with E-state index in [9.17, 15) is 0 Å². The fraction of sp³-hybridized carbons (Fsp3) is 0.667. The molecule has 2 heterocycles. The van der Waals surface area contributed by atoms with Crippen LogP contribution < -0.4 is 5.32 Å². The molecule has 0 aromatic carbocycles. The maximum absolute atomic E-state index is 4.35. The van der Waals surface area contributed by atoms with Gasteiger partial charge in [-0.25, -0.2) is 9.97 Å². The summed E-state index contributed by atoms with van der Waals surface area (Å²) in [5.41, 5.74) is 1.01. The number of likely N-dealkylation sites (tertiary alicyclic amines) is 1. The summed E-state index contributed by atoms with van der Waals surface area (Å²) < 4.78 is 0.